The predicted molar refractivity (Wildman–Crippen MR) is 330 cm³/mol. The van der Waals surface area contributed by atoms with E-state index in [1.165, 1.54) is 17.0 Å². The van der Waals surface area contributed by atoms with Crippen LogP contribution >= 0.6 is 11.6 Å². The SMILES string of the molecule is CC[C@@]1(O)C(=O)OCc2c1cc1n(c2=O)Cc2c-1nc1cc(Cl)c(C)c3c1c2[C@@H](NC(=O)COCNC(=O)CNC(=O)C(Cc1ccccc1)NC(=O)CNC(=O)CNC(=O)C(CCC(=O)NCCS(=O)(=O)O)NC(=O)CCCC#Cc1cnc(S(C)(=O)=O)nc1)CC3. The molecule has 0 fully saturated rings. The zero-order valence-electron chi connectivity index (χ0n) is 50.6. The average molecular weight is 1340 g/mol. The summed E-state index contributed by atoms with van der Waals surface area (Å²) < 4.78 is 66.7. The van der Waals surface area contributed by atoms with Gasteiger partial charge in [0.05, 0.1) is 66.0 Å². The van der Waals surface area contributed by atoms with Crippen molar-refractivity contribution in [2.45, 2.75) is 114 Å². The Morgan fingerprint density at radius 3 is 2.20 bits per heavy atom. The second-order valence-electron chi connectivity index (χ2n) is 22.1. The maximum absolute atomic E-state index is 14.0. The molecule has 0 spiro atoms. The van der Waals surface area contributed by atoms with Crippen LogP contribution in [0.25, 0.3) is 22.3 Å². The van der Waals surface area contributed by atoms with Crippen LogP contribution in [-0.4, -0.2) is 163 Å². The smallest absolute Gasteiger partial charge is 0.343 e. The Balaban J connectivity index is 0.805. The average Bonchev–Trinajstić information content (AvgIpc) is 1.64. The van der Waals surface area contributed by atoms with Gasteiger partial charge < -0.3 is 61.7 Å². The Kier molecular flexibility index (Phi) is 22.8. The number of aryl methyl sites for hydroxylation is 1. The van der Waals surface area contributed by atoms with Crippen LogP contribution in [-0.2, 0) is 104 Å². The van der Waals surface area contributed by atoms with Crippen LogP contribution in [0.3, 0.4) is 0 Å². The fraction of sp³-hybridized carbons (Fsp3) is 0.417. The number of benzene rings is 2. The fourth-order valence-corrected chi connectivity index (χ4v) is 11.8. The summed E-state index contributed by atoms with van der Waals surface area (Å²) in [6.07, 6.45) is 3.76. The molecule has 494 valence electrons. The number of unbranched alkanes of at least 4 members (excludes halogenated alkanes) is 1. The Bertz CT molecular complexity index is 4160. The number of fused-ring (bicyclic) bond motifs is 5. The standard InChI is InChI=1S/C60H67ClN12O18S2/c1-4-60(84)39-22-45-54-37(29-73(45)57(82)38(39)30-91-58(60)83)53-41(16-15-36-33(2)40(61)23-43(72-54)52(36)53)69-51(79)31-90-32-68-49(77)27-65-56(81)44(21-34-11-7-5-8-12-34)71-50(78)28-63-48(76)26-64-55(80)42(17-18-46(74)62-19-20-93(87,88)89)70-47(75)14-10-6-9-13-35-24-66-59(67-25-35)92(3,85)86/h5,7-8,11-12,22-25,41-42,44,84H,4,6,10,14-21,26-32H2,1-3H3,(H,62,74)(H,63,76)(H,64,80)(H,65,81)(H,68,77)(H,69,79)(H,70,75)(H,71,78)(H,87,88,89)/t41-,42?,44?,60-/m0/s1. The van der Waals surface area contributed by atoms with Crippen LogP contribution in [0.2, 0.25) is 5.02 Å². The van der Waals surface area contributed by atoms with E-state index in [0.717, 1.165) is 28.3 Å². The monoisotopic (exact) mass is 1340 g/mol. The molecule has 4 atom stereocenters. The minimum Gasteiger partial charge on any atom is -0.458 e. The van der Waals surface area contributed by atoms with Crippen molar-refractivity contribution < 1.29 is 79.1 Å². The number of amides is 8. The second-order valence-corrected chi connectivity index (χ2v) is 26.0. The van der Waals surface area contributed by atoms with Crippen LogP contribution < -0.4 is 48.1 Å². The molecule has 2 unspecified atom stereocenters. The fourth-order valence-electron chi connectivity index (χ4n) is 10.7. The van der Waals surface area contributed by atoms with Crippen molar-refractivity contribution in [2.75, 3.05) is 51.5 Å². The van der Waals surface area contributed by atoms with Gasteiger partial charge in [0.25, 0.3) is 15.7 Å². The minimum absolute atomic E-state index is 0.0423. The lowest BCUT2D eigenvalue weighted by Gasteiger charge is -2.31. The van der Waals surface area contributed by atoms with Gasteiger partial charge in [0.2, 0.25) is 62.3 Å². The highest BCUT2D eigenvalue weighted by atomic mass is 35.5. The molecule has 3 aromatic heterocycles. The van der Waals surface area contributed by atoms with E-state index in [4.69, 9.17) is 30.6 Å². The Hall–Kier alpha value is -9.26. The molecule has 8 rings (SSSR count). The molecule has 0 saturated carbocycles. The molecular formula is C60H67ClN12O18S2. The molecule has 93 heavy (non-hydrogen) atoms. The Morgan fingerprint density at radius 1 is 0.839 bits per heavy atom. The highest BCUT2D eigenvalue weighted by Crippen LogP contribution is 2.46. The third kappa shape index (κ3) is 17.9. The van der Waals surface area contributed by atoms with E-state index < -0.39 is 154 Å². The van der Waals surface area contributed by atoms with Crippen LogP contribution in [0.4, 0.5) is 0 Å². The van der Waals surface area contributed by atoms with E-state index in [-0.39, 0.29) is 68.0 Å². The Morgan fingerprint density at radius 2 is 1.52 bits per heavy atom. The van der Waals surface area contributed by atoms with Crippen molar-refractivity contribution in [1.29, 1.82) is 0 Å². The molecule has 30 nitrogen and oxygen atoms in total. The van der Waals surface area contributed by atoms with E-state index >= 15 is 0 Å². The molecule has 0 saturated heterocycles. The number of carbonyl (C=O) groups is 9. The minimum atomic E-state index is -4.39. The summed E-state index contributed by atoms with van der Waals surface area (Å²) in [4.78, 5) is 144. The van der Waals surface area contributed by atoms with Gasteiger partial charge in [-0.1, -0.05) is 60.7 Å². The van der Waals surface area contributed by atoms with E-state index in [9.17, 15) is 69.9 Å². The van der Waals surface area contributed by atoms with Crippen molar-refractivity contribution in [3.8, 4) is 23.2 Å². The number of nitrogens with zero attached hydrogens (tertiary/aromatic N) is 4. The van der Waals surface area contributed by atoms with E-state index in [1.54, 1.807) is 49.4 Å². The number of aromatic nitrogens is 4. The molecule has 5 heterocycles. The van der Waals surface area contributed by atoms with Crippen LogP contribution in [0.5, 0.6) is 0 Å². The lowest BCUT2D eigenvalue weighted by Crippen LogP contribution is -2.53. The summed E-state index contributed by atoms with van der Waals surface area (Å²) in [5.74, 6) is -2.15. The van der Waals surface area contributed by atoms with Gasteiger partial charge in [-0.25, -0.2) is 28.2 Å². The maximum atomic E-state index is 14.0. The number of esters is 1. The predicted octanol–water partition coefficient (Wildman–Crippen LogP) is -1.00. The molecule has 2 aliphatic heterocycles. The first-order chi connectivity index (χ1) is 44.1. The maximum Gasteiger partial charge on any atom is 0.343 e. The first kappa shape index (κ1) is 69.6. The highest BCUT2D eigenvalue weighted by Gasteiger charge is 2.46. The van der Waals surface area contributed by atoms with Gasteiger partial charge in [0.1, 0.15) is 32.0 Å². The molecule has 8 amide bonds. The van der Waals surface area contributed by atoms with Crippen molar-refractivity contribution in [1.82, 2.24) is 62.1 Å². The number of hydrogen-bond acceptors (Lipinski definition) is 20. The van der Waals surface area contributed by atoms with Gasteiger partial charge in [0, 0.05) is 72.4 Å². The molecule has 2 aromatic carbocycles. The van der Waals surface area contributed by atoms with Crippen molar-refractivity contribution >= 4 is 95.7 Å². The van der Waals surface area contributed by atoms with E-state index in [2.05, 4.69) is 64.3 Å². The molecule has 1 aliphatic carbocycles. The van der Waals surface area contributed by atoms with Crippen molar-refractivity contribution in [3.05, 3.63) is 115 Å². The third-order valence-corrected chi connectivity index (χ3v) is 17.4. The van der Waals surface area contributed by atoms with Gasteiger partial charge in [-0.2, -0.15) is 8.42 Å². The van der Waals surface area contributed by atoms with Crippen molar-refractivity contribution in [3.63, 3.8) is 0 Å². The van der Waals surface area contributed by atoms with Gasteiger partial charge in [-0.3, -0.25) is 47.7 Å². The number of hydrogen-bond donors (Lipinski definition) is 10. The highest BCUT2D eigenvalue weighted by molar-refractivity contribution is 7.90. The number of carbonyl (C=O) groups excluding carboxylic acids is 9. The number of rotatable bonds is 28. The number of ether oxygens (including phenoxy) is 2. The van der Waals surface area contributed by atoms with Crippen LogP contribution in [0.15, 0.2) is 64.8 Å². The Labute approximate surface area is 537 Å². The zero-order valence-corrected chi connectivity index (χ0v) is 53.0. The van der Waals surface area contributed by atoms with E-state index in [0.29, 0.717) is 51.5 Å². The lowest BCUT2D eigenvalue weighted by molar-refractivity contribution is -0.172. The molecule has 0 radical (unpaired) electrons. The van der Waals surface area contributed by atoms with Crippen molar-refractivity contribution in [2.24, 2.45) is 0 Å². The second kappa shape index (κ2) is 30.5. The van der Waals surface area contributed by atoms with Gasteiger partial charge in [0.15, 0.2) is 5.60 Å². The summed E-state index contributed by atoms with van der Waals surface area (Å²) in [5.41, 5.74) is 3.24. The number of halogens is 1. The molecule has 3 aliphatic rings. The first-order valence-corrected chi connectivity index (χ1v) is 33.1. The van der Waals surface area contributed by atoms with Gasteiger partial charge >= 0.3 is 5.97 Å². The van der Waals surface area contributed by atoms with Crippen LogP contribution in [0, 0.1) is 18.8 Å². The zero-order chi connectivity index (χ0) is 67.4. The summed E-state index contributed by atoms with van der Waals surface area (Å²) in [6.45, 7) is -0.136. The molecule has 5 aromatic rings. The molecule has 33 heteroatoms. The summed E-state index contributed by atoms with van der Waals surface area (Å²) in [6, 6.07) is 8.58. The molecule has 10 N–H and O–H groups in total. The number of pyridine rings is 2. The van der Waals surface area contributed by atoms with E-state index in [1.807, 2.05) is 6.92 Å². The number of nitrogens with one attached hydrogen (secondary N) is 8. The normalized spacial score (nSPS) is 15.9. The lowest BCUT2D eigenvalue weighted by atomic mass is 9.81. The third-order valence-electron chi connectivity index (χ3n) is 15.4. The topological polar surface area (TPSA) is 438 Å². The number of cyclic esters (lactones) is 1. The van der Waals surface area contributed by atoms with Gasteiger partial charge in [-0.05, 0) is 73.4 Å². The number of sulfone groups is 1. The number of aliphatic hydroxyl groups is 1. The largest absolute Gasteiger partial charge is 0.458 e. The summed E-state index contributed by atoms with van der Waals surface area (Å²) in [5, 5.41) is 32.2. The quantitative estimate of drug-likeness (QED) is 0.00703. The van der Waals surface area contributed by atoms with Crippen LogP contribution in [0.1, 0.15) is 102 Å². The molecular weight excluding hydrogens is 1280 g/mol. The summed E-state index contributed by atoms with van der Waals surface area (Å²) >= 11 is 6.72. The molecule has 0 bridgehead atoms. The first-order valence-electron chi connectivity index (χ1n) is 29.3. The summed E-state index contributed by atoms with van der Waals surface area (Å²) in [7, 11) is -8.01. The van der Waals surface area contributed by atoms with Gasteiger partial charge in [-0.15, -0.1) is 0 Å².